The second-order valence-electron chi connectivity index (χ2n) is 5.84. The van der Waals surface area contributed by atoms with Crippen LogP contribution in [0.1, 0.15) is 30.0 Å². The first-order chi connectivity index (χ1) is 10.9. The number of halogens is 2. The van der Waals surface area contributed by atoms with Crippen molar-refractivity contribution in [3.8, 4) is 5.75 Å². The van der Waals surface area contributed by atoms with Crippen LogP contribution >= 0.6 is 24.8 Å². The lowest BCUT2D eigenvalue weighted by Crippen LogP contribution is -2.32. The van der Waals surface area contributed by atoms with Gasteiger partial charge in [-0.1, -0.05) is 48.5 Å². The van der Waals surface area contributed by atoms with Crippen LogP contribution in [0.3, 0.4) is 0 Å². The maximum absolute atomic E-state index is 5.44. The summed E-state index contributed by atoms with van der Waals surface area (Å²) < 4.78 is 5.44. The molecule has 132 valence electrons. The summed E-state index contributed by atoms with van der Waals surface area (Å²) in [6.45, 7) is 1.76. The third kappa shape index (κ3) is 5.99. The Kier molecular flexibility index (Phi) is 9.16. The fourth-order valence-corrected chi connectivity index (χ4v) is 2.65. The van der Waals surface area contributed by atoms with Gasteiger partial charge in [0, 0.05) is 30.7 Å². The number of nitrogens with one attached hydrogen (secondary N) is 2. The highest BCUT2D eigenvalue weighted by atomic mass is 35.5. The molecule has 3 nitrogen and oxygen atoms in total. The van der Waals surface area contributed by atoms with Crippen molar-refractivity contribution in [2.75, 3.05) is 13.7 Å². The van der Waals surface area contributed by atoms with Crippen LogP contribution in [-0.2, 0) is 6.54 Å². The van der Waals surface area contributed by atoms with Crippen molar-refractivity contribution in [3.05, 3.63) is 65.7 Å². The van der Waals surface area contributed by atoms with E-state index in [1.807, 2.05) is 12.1 Å². The molecule has 1 saturated carbocycles. The summed E-state index contributed by atoms with van der Waals surface area (Å²) in [7, 11) is 1.72. The predicted molar refractivity (Wildman–Crippen MR) is 105 cm³/mol. The molecule has 2 aromatic carbocycles. The Labute approximate surface area is 157 Å². The second-order valence-corrected chi connectivity index (χ2v) is 5.84. The zero-order valence-electron chi connectivity index (χ0n) is 13.9. The van der Waals surface area contributed by atoms with Gasteiger partial charge >= 0.3 is 0 Å². The van der Waals surface area contributed by atoms with Crippen LogP contribution in [-0.4, -0.2) is 19.7 Å². The average Bonchev–Trinajstić information content (AvgIpc) is 3.40. The predicted octanol–water partition coefficient (Wildman–Crippen LogP) is 4.12. The Hall–Kier alpha value is -1.26. The van der Waals surface area contributed by atoms with Gasteiger partial charge in [-0.3, -0.25) is 0 Å². The molecule has 0 saturated heterocycles. The molecular weight excluding hydrogens is 343 g/mol. The minimum absolute atomic E-state index is 0. The zero-order chi connectivity index (χ0) is 15.2. The van der Waals surface area contributed by atoms with Crippen LogP contribution in [0, 0.1) is 0 Å². The summed E-state index contributed by atoms with van der Waals surface area (Å²) in [4.78, 5) is 0. The molecule has 2 aromatic rings. The molecule has 0 spiro atoms. The van der Waals surface area contributed by atoms with Gasteiger partial charge in [-0.05, 0) is 24.5 Å². The number of methoxy groups -OCH3 is 1. The minimum atomic E-state index is 0. The van der Waals surface area contributed by atoms with Gasteiger partial charge in [0.1, 0.15) is 5.75 Å². The van der Waals surface area contributed by atoms with Crippen molar-refractivity contribution in [2.45, 2.75) is 31.5 Å². The molecule has 1 unspecified atom stereocenters. The first kappa shape index (κ1) is 20.8. The first-order valence-corrected chi connectivity index (χ1v) is 8.00. The molecule has 0 bridgehead atoms. The summed E-state index contributed by atoms with van der Waals surface area (Å²) in [5.41, 5.74) is 2.52. The number of ether oxygens (including phenoxy) is 1. The monoisotopic (exact) mass is 368 g/mol. The lowest BCUT2D eigenvalue weighted by molar-refractivity contribution is 0.404. The molecule has 1 atom stereocenters. The van der Waals surface area contributed by atoms with E-state index < -0.39 is 0 Å². The molecule has 1 aliphatic carbocycles. The van der Waals surface area contributed by atoms with Gasteiger partial charge in [-0.2, -0.15) is 0 Å². The molecule has 0 aromatic heterocycles. The number of hydrogen-bond donors (Lipinski definition) is 2. The summed E-state index contributed by atoms with van der Waals surface area (Å²) in [6, 6.07) is 19.9. The molecule has 24 heavy (non-hydrogen) atoms. The van der Waals surface area contributed by atoms with Crippen LogP contribution in [0.4, 0.5) is 0 Å². The summed E-state index contributed by atoms with van der Waals surface area (Å²) in [5, 5.41) is 7.29. The van der Waals surface area contributed by atoms with Crippen LogP contribution in [0.2, 0.25) is 0 Å². The molecule has 3 rings (SSSR count). The Morgan fingerprint density at radius 2 is 1.67 bits per heavy atom. The van der Waals surface area contributed by atoms with E-state index in [4.69, 9.17) is 4.74 Å². The van der Waals surface area contributed by atoms with Gasteiger partial charge in [0.05, 0.1) is 7.11 Å². The Morgan fingerprint density at radius 1 is 1.00 bits per heavy atom. The molecule has 2 N–H and O–H groups in total. The summed E-state index contributed by atoms with van der Waals surface area (Å²) >= 11 is 0. The molecular formula is C19H26Cl2N2O. The molecule has 0 radical (unpaired) electrons. The highest BCUT2D eigenvalue weighted by molar-refractivity contribution is 5.85. The number of hydrogen-bond acceptors (Lipinski definition) is 3. The smallest absolute Gasteiger partial charge is 0.123 e. The fraction of sp³-hybridized carbons (Fsp3) is 0.368. The first-order valence-electron chi connectivity index (χ1n) is 8.00. The van der Waals surface area contributed by atoms with Crippen molar-refractivity contribution in [1.82, 2.24) is 10.6 Å². The number of rotatable bonds is 8. The maximum atomic E-state index is 5.44. The van der Waals surface area contributed by atoms with Crippen LogP contribution in [0.25, 0.3) is 0 Å². The third-order valence-corrected chi connectivity index (χ3v) is 4.12. The van der Waals surface area contributed by atoms with Gasteiger partial charge in [0.25, 0.3) is 0 Å². The van der Waals surface area contributed by atoms with E-state index in [0.717, 1.165) is 24.9 Å². The van der Waals surface area contributed by atoms with Crippen LogP contribution in [0.5, 0.6) is 5.75 Å². The normalized spacial score (nSPS) is 14.2. The molecule has 0 heterocycles. The van der Waals surface area contributed by atoms with E-state index in [1.165, 1.54) is 24.0 Å². The van der Waals surface area contributed by atoms with Crippen LogP contribution in [0.15, 0.2) is 54.6 Å². The molecule has 5 heteroatoms. The SMILES string of the molecule is COc1ccccc1CNC(CNC1CC1)c1ccccc1.Cl.Cl. The van der Waals surface area contributed by atoms with E-state index in [2.05, 4.69) is 53.1 Å². The van der Waals surface area contributed by atoms with E-state index in [9.17, 15) is 0 Å². The zero-order valence-corrected chi connectivity index (χ0v) is 15.5. The van der Waals surface area contributed by atoms with Crippen molar-refractivity contribution < 1.29 is 4.74 Å². The molecule has 0 amide bonds. The van der Waals surface area contributed by atoms with Crippen LogP contribution < -0.4 is 15.4 Å². The van der Waals surface area contributed by atoms with E-state index >= 15 is 0 Å². The van der Waals surface area contributed by atoms with Gasteiger partial charge in [0.2, 0.25) is 0 Å². The lowest BCUT2D eigenvalue weighted by atomic mass is 10.1. The van der Waals surface area contributed by atoms with Crippen molar-refractivity contribution in [1.29, 1.82) is 0 Å². The molecule has 1 aliphatic rings. The van der Waals surface area contributed by atoms with Crippen molar-refractivity contribution in [2.24, 2.45) is 0 Å². The third-order valence-electron chi connectivity index (χ3n) is 4.12. The highest BCUT2D eigenvalue weighted by Gasteiger charge is 2.22. The van der Waals surface area contributed by atoms with Gasteiger partial charge in [0.15, 0.2) is 0 Å². The molecule has 0 aliphatic heterocycles. The van der Waals surface area contributed by atoms with E-state index in [-0.39, 0.29) is 24.8 Å². The summed E-state index contributed by atoms with van der Waals surface area (Å²) in [6.07, 6.45) is 2.63. The van der Waals surface area contributed by atoms with Crippen molar-refractivity contribution >= 4 is 24.8 Å². The molecule has 1 fully saturated rings. The largest absolute Gasteiger partial charge is 0.496 e. The van der Waals surface area contributed by atoms with E-state index in [0.29, 0.717) is 6.04 Å². The Balaban J connectivity index is 0.00000144. The summed E-state index contributed by atoms with van der Waals surface area (Å²) in [5.74, 6) is 0.942. The Morgan fingerprint density at radius 3 is 2.33 bits per heavy atom. The standard InChI is InChI=1S/C19H24N2O.2ClH/c1-22-19-10-6-5-9-16(19)13-21-18(14-20-17-11-12-17)15-7-3-2-4-8-15;;/h2-10,17-18,20-21H,11-14H2,1H3;2*1H. The van der Waals surface area contributed by atoms with E-state index in [1.54, 1.807) is 7.11 Å². The van der Waals surface area contributed by atoms with Gasteiger partial charge < -0.3 is 15.4 Å². The van der Waals surface area contributed by atoms with Gasteiger partial charge in [-0.25, -0.2) is 0 Å². The van der Waals surface area contributed by atoms with Crippen molar-refractivity contribution in [3.63, 3.8) is 0 Å². The quantitative estimate of drug-likeness (QED) is 0.734. The fourth-order valence-electron chi connectivity index (χ4n) is 2.65. The number of benzene rings is 2. The second kappa shape index (κ2) is 10.6. The number of para-hydroxylation sites is 1. The lowest BCUT2D eigenvalue weighted by Gasteiger charge is -2.20. The average molecular weight is 369 g/mol. The maximum Gasteiger partial charge on any atom is 0.123 e. The highest BCUT2D eigenvalue weighted by Crippen LogP contribution is 2.22. The topological polar surface area (TPSA) is 33.3 Å². The minimum Gasteiger partial charge on any atom is -0.496 e. The Bertz CT molecular complexity index is 591. The van der Waals surface area contributed by atoms with Gasteiger partial charge in [-0.15, -0.1) is 24.8 Å².